The molecule has 7 heteroatoms. The molecular formula is C13H15N5O2. The molecule has 0 saturated heterocycles. The number of fused-ring (bicyclic) bond motifs is 1. The normalized spacial score (nSPS) is 15.2. The number of rotatable bonds is 4. The molecule has 1 aromatic heterocycles. The second-order valence-electron chi connectivity index (χ2n) is 4.63. The van der Waals surface area contributed by atoms with Gasteiger partial charge in [-0.2, -0.15) is 5.10 Å². The highest BCUT2D eigenvalue weighted by molar-refractivity contribution is 5.95. The number of aromatic amines is 1. The van der Waals surface area contributed by atoms with Crippen LogP contribution in [0.5, 0.6) is 5.75 Å². The van der Waals surface area contributed by atoms with Crippen LogP contribution in [0.25, 0.3) is 0 Å². The monoisotopic (exact) mass is 273 g/mol. The molecule has 1 aliphatic heterocycles. The van der Waals surface area contributed by atoms with E-state index in [1.54, 1.807) is 0 Å². The minimum atomic E-state index is -0.128. The number of H-pyrrole nitrogens is 1. The van der Waals surface area contributed by atoms with Crippen LogP contribution in [-0.4, -0.2) is 27.7 Å². The minimum absolute atomic E-state index is 0.0750. The Labute approximate surface area is 115 Å². The summed E-state index contributed by atoms with van der Waals surface area (Å²) in [5.41, 5.74) is 1.78. The van der Waals surface area contributed by atoms with Gasteiger partial charge in [0.15, 0.2) is 6.61 Å². The topological polar surface area (TPSA) is 91.9 Å². The number of anilines is 1. The predicted molar refractivity (Wildman–Crippen MR) is 72.2 cm³/mol. The molecule has 1 amide bonds. The fourth-order valence-corrected chi connectivity index (χ4v) is 2.05. The Morgan fingerprint density at radius 2 is 2.40 bits per heavy atom. The van der Waals surface area contributed by atoms with E-state index in [2.05, 4.69) is 25.8 Å². The zero-order chi connectivity index (χ0) is 13.9. The molecule has 0 radical (unpaired) electrons. The van der Waals surface area contributed by atoms with Gasteiger partial charge in [-0.3, -0.25) is 9.89 Å². The third-order valence-electron chi connectivity index (χ3n) is 3.18. The van der Waals surface area contributed by atoms with Crippen molar-refractivity contribution in [1.29, 1.82) is 0 Å². The summed E-state index contributed by atoms with van der Waals surface area (Å²) in [6, 6.07) is 5.89. The van der Waals surface area contributed by atoms with Gasteiger partial charge in [0.25, 0.3) is 5.91 Å². The van der Waals surface area contributed by atoms with Gasteiger partial charge in [-0.15, -0.1) is 0 Å². The first-order valence-electron chi connectivity index (χ1n) is 6.36. The Morgan fingerprint density at radius 3 is 3.20 bits per heavy atom. The largest absolute Gasteiger partial charge is 0.482 e. The Morgan fingerprint density at radius 1 is 1.50 bits per heavy atom. The van der Waals surface area contributed by atoms with Crippen molar-refractivity contribution in [2.75, 3.05) is 11.9 Å². The lowest BCUT2D eigenvalue weighted by Gasteiger charge is -2.20. The van der Waals surface area contributed by atoms with Gasteiger partial charge in [0.2, 0.25) is 0 Å². The highest BCUT2D eigenvalue weighted by atomic mass is 16.5. The Bertz CT molecular complexity index is 611. The number of aromatic nitrogens is 3. The number of carbonyl (C=O) groups excluding carboxylic acids is 1. The molecule has 1 aliphatic rings. The second kappa shape index (κ2) is 5.30. The maximum absolute atomic E-state index is 11.3. The van der Waals surface area contributed by atoms with E-state index in [0.29, 0.717) is 18.0 Å². The van der Waals surface area contributed by atoms with Crippen molar-refractivity contribution in [3.8, 4) is 5.75 Å². The minimum Gasteiger partial charge on any atom is -0.482 e. The van der Waals surface area contributed by atoms with E-state index >= 15 is 0 Å². The molecule has 3 rings (SSSR count). The quantitative estimate of drug-likeness (QED) is 0.772. The summed E-state index contributed by atoms with van der Waals surface area (Å²) in [5, 5.41) is 12.7. The third kappa shape index (κ3) is 2.62. The predicted octanol–water partition coefficient (Wildman–Crippen LogP) is 0.986. The highest BCUT2D eigenvalue weighted by Gasteiger charge is 2.17. The first kappa shape index (κ1) is 12.6. The number of nitrogens with zero attached hydrogens (tertiary/aromatic N) is 2. The SMILES string of the molecule is CC(NCc1ncn[nH]1)c1ccc2c(c1)NC(=O)CO2. The van der Waals surface area contributed by atoms with Gasteiger partial charge in [0, 0.05) is 6.04 Å². The average Bonchev–Trinajstić information content (AvgIpc) is 2.97. The van der Waals surface area contributed by atoms with Crippen molar-refractivity contribution in [3.63, 3.8) is 0 Å². The Balaban J connectivity index is 1.70. The van der Waals surface area contributed by atoms with E-state index in [1.807, 2.05) is 25.1 Å². The van der Waals surface area contributed by atoms with Crippen molar-refractivity contribution < 1.29 is 9.53 Å². The summed E-state index contributed by atoms with van der Waals surface area (Å²) >= 11 is 0. The van der Waals surface area contributed by atoms with Crippen molar-refractivity contribution in [3.05, 3.63) is 35.9 Å². The molecule has 0 saturated carbocycles. The molecule has 2 heterocycles. The number of hydrogen-bond acceptors (Lipinski definition) is 5. The maximum atomic E-state index is 11.3. The standard InChI is InChI=1S/C13H15N5O2/c1-8(14-5-12-15-7-16-18-12)9-2-3-11-10(4-9)17-13(19)6-20-11/h2-4,7-8,14H,5-6H2,1H3,(H,17,19)(H,15,16,18). The number of ether oxygens (including phenoxy) is 1. The van der Waals surface area contributed by atoms with E-state index < -0.39 is 0 Å². The molecule has 7 nitrogen and oxygen atoms in total. The highest BCUT2D eigenvalue weighted by Crippen LogP contribution is 2.30. The van der Waals surface area contributed by atoms with Gasteiger partial charge in [-0.25, -0.2) is 4.98 Å². The fraction of sp³-hybridized carbons (Fsp3) is 0.308. The van der Waals surface area contributed by atoms with Crippen LogP contribution < -0.4 is 15.4 Å². The van der Waals surface area contributed by atoms with E-state index in [9.17, 15) is 4.79 Å². The first-order valence-corrected chi connectivity index (χ1v) is 6.36. The molecule has 0 fully saturated rings. The summed E-state index contributed by atoms with van der Waals surface area (Å²) in [7, 11) is 0. The van der Waals surface area contributed by atoms with Crippen LogP contribution in [0.3, 0.4) is 0 Å². The molecular weight excluding hydrogens is 258 g/mol. The van der Waals surface area contributed by atoms with E-state index in [1.165, 1.54) is 6.33 Å². The van der Waals surface area contributed by atoms with Gasteiger partial charge in [-0.1, -0.05) is 6.07 Å². The van der Waals surface area contributed by atoms with Gasteiger partial charge < -0.3 is 15.4 Å². The van der Waals surface area contributed by atoms with Crippen LogP contribution in [0.1, 0.15) is 24.4 Å². The van der Waals surface area contributed by atoms with Crippen LogP contribution in [0.2, 0.25) is 0 Å². The molecule has 0 aliphatic carbocycles. The first-order chi connectivity index (χ1) is 9.72. The molecule has 0 spiro atoms. The van der Waals surface area contributed by atoms with Crippen LogP contribution in [0.15, 0.2) is 24.5 Å². The van der Waals surface area contributed by atoms with Crippen LogP contribution in [0, 0.1) is 0 Å². The molecule has 1 atom stereocenters. The zero-order valence-electron chi connectivity index (χ0n) is 11.0. The number of amides is 1. The van der Waals surface area contributed by atoms with Gasteiger partial charge >= 0.3 is 0 Å². The van der Waals surface area contributed by atoms with Crippen molar-refractivity contribution in [2.45, 2.75) is 19.5 Å². The zero-order valence-corrected chi connectivity index (χ0v) is 11.0. The second-order valence-corrected chi connectivity index (χ2v) is 4.63. The summed E-state index contributed by atoms with van der Waals surface area (Å²) in [6.45, 7) is 2.72. The molecule has 3 N–H and O–H groups in total. The molecule has 20 heavy (non-hydrogen) atoms. The lowest BCUT2D eigenvalue weighted by Crippen LogP contribution is -2.26. The number of nitrogens with one attached hydrogen (secondary N) is 3. The number of benzene rings is 1. The van der Waals surface area contributed by atoms with Gasteiger partial charge in [0.05, 0.1) is 12.2 Å². The lowest BCUT2D eigenvalue weighted by atomic mass is 10.1. The molecule has 1 aromatic carbocycles. The van der Waals surface area contributed by atoms with Crippen molar-refractivity contribution in [2.24, 2.45) is 0 Å². The molecule has 0 bridgehead atoms. The molecule has 2 aromatic rings. The Hall–Kier alpha value is -2.41. The van der Waals surface area contributed by atoms with Crippen LogP contribution in [0.4, 0.5) is 5.69 Å². The van der Waals surface area contributed by atoms with Crippen molar-refractivity contribution in [1.82, 2.24) is 20.5 Å². The molecule has 104 valence electrons. The van der Waals surface area contributed by atoms with E-state index in [0.717, 1.165) is 11.4 Å². The summed E-state index contributed by atoms with van der Waals surface area (Å²) in [4.78, 5) is 15.4. The third-order valence-corrected chi connectivity index (χ3v) is 3.18. The smallest absolute Gasteiger partial charge is 0.262 e. The van der Waals surface area contributed by atoms with Gasteiger partial charge in [-0.05, 0) is 24.6 Å². The van der Waals surface area contributed by atoms with Gasteiger partial charge in [0.1, 0.15) is 17.9 Å². The summed E-state index contributed by atoms with van der Waals surface area (Å²) in [5.74, 6) is 1.36. The maximum Gasteiger partial charge on any atom is 0.262 e. The fourth-order valence-electron chi connectivity index (χ4n) is 2.05. The van der Waals surface area contributed by atoms with Crippen LogP contribution >= 0.6 is 0 Å². The summed E-state index contributed by atoms with van der Waals surface area (Å²) in [6.07, 6.45) is 1.48. The Kier molecular flexibility index (Phi) is 3.34. The number of carbonyl (C=O) groups is 1. The summed E-state index contributed by atoms with van der Waals surface area (Å²) < 4.78 is 5.33. The van der Waals surface area contributed by atoms with E-state index in [4.69, 9.17) is 4.74 Å². The molecule has 1 unspecified atom stereocenters. The number of hydrogen-bond donors (Lipinski definition) is 3. The van der Waals surface area contributed by atoms with Crippen LogP contribution in [-0.2, 0) is 11.3 Å². The average molecular weight is 273 g/mol. The lowest BCUT2D eigenvalue weighted by molar-refractivity contribution is -0.118. The van der Waals surface area contributed by atoms with Crippen molar-refractivity contribution >= 4 is 11.6 Å². The van der Waals surface area contributed by atoms with E-state index in [-0.39, 0.29) is 18.6 Å².